The zero-order valence-electron chi connectivity index (χ0n) is 9.68. The van der Waals surface area contributed by atoms with Crippen LogP contribution in [0.4, 0.5) is 18.9 Å². The quantitative estimate of drug-likeness (QED) is 0.567. The zero-order valence-corrected chi connectivity index (χ0v) is 12.6. The van der Waals surface area contributed by atoms with Gasteiger partial charge in [0.25, 0.3) is 5.91 Å². The number of nitrogens with one attached hydrogen (secondary N) is 1. The Kier molecular flexibility index (Phi) is 4.54. The Labute approximate surface area is 131 Å². The summed E-state index contributed by atoms with van der Waals surface area (Å²) in [4.78, 5) is 11.9. The van der Waals surface area contributed by atoms with Gasteiger partial charge < -0.3 is 5.32 Å². The molecular weight excluding hydrogens is 406 g/mol. The molecule has 104 valence electrons. The van der Waals surface area contributed by atoms with E-state index in [9.17, 15) is 18.0 Å². The van der Waals surface area contributed by atoms with Crippen molar-refractivity contribution in [1.82, 2.24) is 0 Å². The van der Waals surface area contributed by atoms with Crippen LogP contribution >= 0.6 is 34.2 Å². The van der Waals surface area contributed by atoms with Crippen LogP contribution in [0.5, 0.6) is 0 Å². The molecule has 0 aromatic heterocycles. The van der Waals surface area contributed by atoms with Gasteiger partial charge in [-0.1, -0.05) is 11.6 Å². The second-order valence-corrected chi connectivity index (χ2v) is 5.40. The van der Waals surface area contributed by atoms with E-state index in [0.717, 1.165) is 6.07 Å². The van der Waals surface area contributed by atoms with Gasteiger partial charge in [0.05, 0.1) is 11.3 Å². The normalized spacial score (nSPS) is 10.4. The molecule has 2 rings (SSSR count). The molecule has 0 heterocycles. The first-order chi connectivity index (χ1) is 9.40. The van der Waals surface area contributed by atoms with Gasteiger partial charge in [0.15, 0.2) is 17.5 Å². The largest absolute Gasteiger partial charge is 0.321 e. The summed E-state index contributed by atoms with van der Waals surface area (Å²) >= 11 is 7.70. The van der Waals surface area contributed by atoms with Crippen LogP contribution < -0.4 is 5.32 Å². The van der Waals surface area contributed by atoms with Crippen molar-refractivity contribution in [2.45, 2.75) is 0 Å². The van der Waals surface area contributed by atoms with Crippen LogP contribution in [0.25, 0.3) is 0 Å². The molecule has 0 saturated carbocycles. The third-order valence-electron chi connectivity index (χ3n) is 2.46. The van der Waals surface area contributed by atoms with Gasteiger partial charge in [-0.3, -0.25) is 4.79 Å². The van der Waals surface area contributed by atoms with Crippen LogP contribution in [0, 0.1) is 21.0 Å². The fourth-order valence-electron chi connectivity index (χ4n) is 1.48. The standard InChI is InChI=1S/C13H6ClF3INO/c14-6-1-4-10(9(18)5-6)19-13(20)7-2-3-8(15)12(17)11(7)16/h1-5H,(H,19,20). The molecule has 2 nitrogen and oxygen atoms in total. The molecule has 0 aliphatic carbocycles. The number of carbonyl (C=O) groups excluding carboxylic acids is 1. The topological polar surface area (TPSA) is 29.1 Å². The van der Waals surface area contributed by atoms with Gasteiger partial charge in [-0.2, -0.15) is 0 Å². The highest BCUT2D eigenvalue weighted by molar-refractivity contribution is 14.1. The van der Waals surface area contributed by atoms with Crippen molar-refractivity contribution in [2.75, 3.05) is 5.32 Å². The van der Waals surface area contributed by atoms with Crippen LogP contribution in [0.2, 0.25) is 5.02 Å². The first kappa shape index (κ1) is 15.1. The SMILES string of the molecule is O=C(Nc1ccc(Cl)cc1I)c1ccc(F)c(F)c1F. The van der Waals surface area contributed by atoms with Crippen molar-refractivity contribution >= 4 is 45.8 Å². The van der Waals surface area contributed by atoms with Crippen molar-refractivity contribution in [1.29, 1.82) is 0 Å². The predicted octanol–water partition coefficient (Wildman–Crippen LogP) is 4.61. The smallest absolute Gasteiger partial charge is 0.258 e. The Bertz CT molecular complexity index is 694. The van der Waals surface area contributed by atoms with E-state index in [4.69, 9.17) is 11.6 Å². The Morgan fingerprint density at radius 3 is 2.45 bits per heavy atom. The first-order valence-electron chi connectivity index (χ1n) is 5.30. The third kappa shape index (κ3) is 3.06. The summed E-state index contributed by atoms with van der Waals surface area (Å²) in [5.74, 6) is -5.42. The number of hydrogen-bond acceptors (Lipinski definition) is 1. The number of anilines is 1. The molecule has 0 aliphatic heterocycles. The van der Waals surface area contributed by atoms with Crippen LogP contribution in [-0.2, 0) is 0 Å². The summed E-state index contributed by atoms with van der Waals surface area (Å²) in [6, 6.07) is 6.24. The summed E-state index contributed by atoms with van der Waals surface area (Å²) in [6.07, 6.45) is 0. The molecule has 1 amide bonds. The van der Waals surface area contributed by atoms with Gasteiger partial charge in [-0.05, 0) is 52.9 Å². The van der Waals surface area contributed by atoms with E-state index in [0.29, 0.717) is 20.3 Å². The zero-order chi connectivity index (χ0) is 14.9. The lowest BCUT2D eigenvalue weighted by molar-refractivity contribution is 0.102. The van der Waals surface area contributed by atoms with Crippen molar-refractivity contribution in [3.05, 3.63) is 61.9 Å². The molecule has 7 heteroatoms. The summed E-state index contributed by atoms with van der Waals surface area (Å²) in [6.45, 7) is 0. The highest BCUT2D eigenvalue weighted by atomic mass is 127. The highest BCUT2D eigenvalue weighted by Crippen LogP contribution is 2.23. The minimum absolute atomic E-state index is 0.393. The van der Waals surface area contributed by atoms with Crippen LogP contribution in [0.15, 0.2) is 30.3 Å². The highest BCUT2D eigenvalue weighted by Gasteiger charge is 2.19. The Hall–Kier alpha value is -1.28. The van der Waals surface area contributed by atoms with Crippen molar-refractivity contribution in [3.8, 4) is 0 Å². The summed E-state index contributed by atoms with van der Waals surface area (Å²) in [5.41, 5.74) is -0.182. The van der Waals surface area contributed by atoms with E-state index in [1.807, 2.05) is 22.6 Å². The average molecular weight is 412 g/mol. The lowest BCUT2D eigenvalue weighted by atomic mass is 10.1. The number of hydrogen-bond donors (Lipinski definition) is 1. The van der Waals surface area contributed by atoms with Gasteiger partial charge in [0.2, 0.25) is 0 Å². The van der Waals surface area contributed by atoms with Crippen LogP contribution in [0.1, 0.15) is 10.4 Å². The van der Waals surface area contributed by atoms with E-state index in [-0.39, 0.29) is 0 Å². The maximum Gasteiger partial charge on any atom is 0.258 e. The predicted molar refractivity (Wildman–Crippen MR) is 78.4 cm³/mol. The minimum atomic E-state index is -1.68. The molecule has 0 bridgehead atoms. The fourth-order valence-corrected chi connectivity index (χ4v) is 2.49. The van der Waals surface area contributed by atoms with E-state index in [2.05, 4.69) is 5.32 Å². The lowest BCUT2D eigenvalue weighted by Crippen LogP contribution is -2.15. The molecule has 0 saturated heterocycles. The maximum atomic E-state index is 13.5. The summed E-state index contributed by atoms with van der Waals surface area (Å²) in [7, 11) is 0. The van der Waals surface area contributed by atoms with Gasteiger partial charge in [0.1, 0.15) is 0 Å². The molecule has 0 atom stereocenters. The molecule has 0 radical (unpaired) electrons. The average Bonchev–Trinajstić information content (AvgIpc) is 2.39. The number of halogens is 5. The Balaban J connectivity index is 2.31. The van der Waals surface area contributed by atoms with E-state index in [1.165, 1.54) is 6.07 Å². The molecule has 0 fully saturated rings. The minimum Gasteiger partial charge on any atom is -0.321 e. The van der Waals surface area contributed by atoms with Crippen LogP contribution in [0.3, 0.4) is 0 Å². The number of benzene rings is 2. The van der Waals surface area contributed by atoms with Gasteiger partial charge in [-0.15, -0.1) is 0 Å². The maximum absolute atomic E-state index is 13.5. The summed E-state index contributed by atoms with van der Waals surface area (Å²) < 4.78 is 40.0. The number of rotatable bonds is 2. The summed E-state index contributed by atoms with van der Waals surface area (Å²) in [5, 5.41) is 2.89. The molecule has 2 aromatic rings. The monoisotopic (exact) mass is 411 g/mol. The first-order valence-corrected chi connectivity index (χ1v) is 6.75. The molecule has 0 aliphatic rings. The van der Waals surface area contributed by atoms with E-state index < -0.39 is 28.9 Å². The second kappa shape index (κ2) is 6.01. The van der Waals surface area contributed by atoms with E-state index >= 15 is 0 Å². The lowest BCUT2D eigenvalue weighted by Gasteiger charge is -2.09. The second-order valence-electron chi connectivity index (χ2n) is 3.80. The molecule has 0 spiro atoms. The Morgan fingerprint density at radius 1 is 1.10 bits per heavy atom. The van der Waals surface area contributed by atoms with Gasteiger partial charge in [-0.25, -0.2) is 13.2 Å². The molecule has 1 N–H and O–H groups in total. The van der Waals surface area contributed by atoms with Crippen molar-refractivity contribution < 1.29 is 18.0 Å². The Morgan fingerprint density at radius 2 is 1.80 bits per heavy atom. The third-order valence-corrected chi connectivity index (χ3v) is 3.59. The molecular formula is C13H6ClF3INO. The van der Waals surface area contributed by atoms with Crippen molar-refractivity contribution in [3.63, 3.8) is 0 Å². The fraction of sp³-hybridized carbons (Fsp3) is 0. The molecule has 2 aromatic carbocycles. The van der Waals surface area contributed by atoms with Gasteiger partial charge >= 0.3 is 0 Å². The van der Waals surface area contributed by atoms with Gasteiger partial charge in [0, 0.05) is 8.59 Å². The molecule has 0 unspecified atom stereocenters. The number of carbonyl (C=O) groups is 1. The molecule has 20 heavy (non-hydrogen) atoms. The number of amides is 1. The van der Waals surface area contributed by atoms with E-state index in [1.54, 1.807) is 12.1 Å². The van der Waals surface area contributed by atoms with Crippen LogP contribution in [-0.4, -0.2) is 5.91 Å². The van der Waals surface area contributed by atoms with Crippen molar-refractivity contribution in [2.24, 2.45) is 0 Å².